The summed E-state index contributed by atoms with van der Waals surface area (Å²) in [7, 11) is -3.96. The van der Waals surface area contributed by atoms with Crippen molar-refractivity contribution in [2.45, 2.75) is 12.7 Å². The second kappa shape index (κ2) is 4.03. The van der Waals surface area contributed by atoms with Crippen LogP contribution in [0.2, 0.25) is 0 Å². The van der Waals surface area contributed by atoms with Crippen molar-refractivity contribution in [3.63, 3.8) is 0 Å². The van der Waals surface area contributed by atoms with Gasteiger partial charge >= 0.3 is 7.60 Å². The highest BCUT2D eigenvalue weighted by molar-refractivity contribution is 7.50. The molecule has 0 aliphatic carbocycles. The van der Waals surface area contributed by atoms with Crippen molar-refractivity contribution < 1.29 is 14.4 Å². The monoisotopic (exact) mass is 201 g/mol. The van der Waals surface area contributed by atoms with Crippen molar-refractivity contribution >= 4 is 7.60 Å². The van der Waals surface area contributed by atoms with Crippen LogP contribution in [-0.2, 0) is 17.3 Å². The SMILES string of the molecule is NCc1cccc(CP(=O)(O)O)c1. The number of nitrogens with two attached hydrogens (primary N) is 1. The van der Waals surface area contributed by atoms with Gasteiger partial charge in [0.15, 0.2) is 0 Å². The average Bonchev–Trinajstić information content (AvgIpc) is 2.01. The summed E-state index contributed by atoms with van der Waals surface area (Å²) >= 11 is 0. The van der Waals surface area contributed by atoms with Gasteiger partial charge < -0.3 is 15.5 Å². The zero-order valence-electron chi connectivity index (χ0n) is 7.05. The van der Waals surface area contributed by atoms with Gasteiger partial charge in [0.25, 0.3) is 0 Å². The van der Waals surface area contributed by atoms with E-state index >= 15 is 0 Å². The number of hydrogen-bond acceptors (Lipinski definition) is 2. The van der Waals surface area contributed by atoms with Gasteiger partial charge in [-0.3, -0.25) is 4.57 Å². The van der Waals surface area contributed by atoms with Gasteiger partial charge in [0.2, 0.25) is 0 Å². The molecule has 1 rings (SSSR count). The molecular weight excluding hydrogens is 189 g/mol. The second-order valence-corrected chi connectivity index (χ2v) is 4.49. The van der Waals surface area contributed by atoms with E-state index in [0.29, 0.717) is 12.1 Å². The third kappa shape index (κ3) is 3.70. The van der Waals surface area contributed by atoms with E-state index in [1.165, 1.54) is 0 Å². The van der Waals surface area contributed by atoms with E-state index in [-0.39, 0.29) is 6.16 Å². The first-order valence-electron chi connectivity index (χ1n) is 3.84. The highest BCUT2D eigenvalue weighted by Crippen LogP contribution is 2.38. The van der Waals surface area contributed by atoms with Gasteiger partial charge in [-0.15, -0.1) is 0 Å². The van der Waals surface area contributed by atoms with Crippen LogP contribution in [0.3, 0.4) is 0 Å². The number of rotatable bonds is 3. The maximum atomic E-state index is 10.7. The first-order chi connectivity index (χ1) is 6.01. The Balaban J connectivity index is 2.84. The lowest BCUT2D eigenvalue weighted by Gasteiger charge is -2.04. The van der Waals surface area contributed by atoms with Gasteiger partial charge in [-0.25, -0.2) is 0 Å². The van der Waals surface area contributed by atoms with Crippen LogP contribution in [0.15, 0.2) is 24.3 Å². The molecule has 0 amide bonds. The predicted octanol–water partition coefficient (Wildman–Crippen LogP) is 0.823. The van der Waals surface area contributed by atoms with E-state index in [0.717, 1.165) is 5.56 Å². The molecule has 5 heteroatoms. The quantitative estimate of drug-likeness (QED) is 0.632. The first kappa shape index (κ1) is 10.4. The average molecular weight is 201 g/mol. The molecule has 1 aromatic carbocycles. The lowest BCUT2D eigenvalue weighted by atomic mass is 10.1. The van der Waals surface area contributed by atoms with Crippen LogP contribution in [0, 0.1) is 0 Å². The van der Waals surface area contributed by atoms with Crippen LogP contribution in [0.4, 0.5) is 0 Å². The van der Waals surface area contributed by atoms with Crippen LogP contribution in [0.25, 0.3) is 0 Å². The van der Waals surface area contributed by atoms with E-state index in [1.807, 2.05) is 6.07 Å². The third-order valence-corrected chi connectivity index (χ3v) is 2.39. The Morgan fingerprint density at radius 2 is 1.92 bits per heavy atom. The van der Waals surface area contributed by atoms with Crippen LogP contribution >= 0.6 is 7.60 Å². The van der Waals surface area contributed by atoms with E-state index in [9.17, 15) is 4.57 Å². The molecule has 0 aromatic heterocycles. The minimum Gasteiger partial charge on any atom is -0.326 e. The van der Waals surface area contributed by atoms with Gasteiger partial charge in [0.1, 0.15) is 0 Å². The van der Waals surface area contributed by atoms with Gasteiger partial charge in [-0.1, -0.05) is 24.3 Å². The Kier molecular flexibility index (Phi) is 3.22. The second-order valence-electron chi connectivity index (χ2n) is 2.85. The molecular formula is C8H12NO3P. The number of hydrogen-bond donors (Lipinski definition) is 3. The van der Waals surface area contributed by atoms with Gasteiger partial charge in [0.05, 0.1) is 6.16 Å². The Labute approximate surface area is 76.6 Å². The summed E-state index contributed by atoms with van der Waals surface area (Å²) in [4.78, 5) is 17.4. The van der Waals surface area contributed by atoms with Crippen LogP contribution in [0.5, 0.6) is 0 Å². The van der Waals surface area contributed by atoms with E-state index < -0.39 is 7.60 Å². The molecule has 4 nitrogen and oxygen atoms in total. The van der Waals surface area contributed by atoms with Crippen molar-refractivity contribution in [1.29, 1.82) is 0 Å². The van der Waals surface area contributed by atoms with E-state index in [4.69, 9.17) is 15.5 Å². The zero-order valence-corrected chi connectivity index (χ0v) is 7.95. The molecule has 0 radical (unpaired) electrons. The minimum atomic E-state index is -3.96. The van der Waals surface area contributed by atoms with Crippen molar-refractivity contribution in [2.75, 3.05) is 0 Å². The smallest absolute Gasteiger partial charge is 0.326 e. The van der Waals surface area contributed by atoms with Crippen molar-refractivity contribution in [3.8, 4) is 0 Å². The highest BCUT2D eigenvalue weighted by atomic mass is 31.2. The molecule has 0 unspecified atom stereocenters. The van der Waals surface area contributed by atoms with Gasteiger partial charge in [0, 0.05) is 6.54 Å². The molecule has 72 valence electrons. The first-order valence-corrected chi connectivity index (χ1v) is 5.63. The number of benzene rings is 1. The van der Waals surface area contributed by atoms with Gasteiger partial charge in [-0.05, 0) is 11.1 Å². The molecule has 0 aliphatic rings. The lowest BCUT2D eigenvalue weighted by Crippen LogP contribution is -1.97. The fourth-order valence-corrected chi connectivity index (χ4v) is 1.77. The summed E-state index contributed by atoms with van der Waals surface area (Å²) in [5, 5.41) is 0. The highest BCUT2D eigenvalue weighted by Gasteiger charge is 2.13. The summed E-state index contributed by atoms with van der Waals surface area (Å²) in [5.41, 5.74) is 6.89. The molecule has 0 bridgehead atoms. The van der Waals surface area contributed by atoms with Crippen molar-refractivity contribution in [1.82, 2.24) is 0 Å². The molecule has 0 spiro atoms. The molecule has 0 atom stereocenters. The van der Waals surface area contributed by atoms with Crippen LogP contribution in [-0.4, -0.2) is 9.79 Å². The van der Waals surface area contributed by atoms with E-state index in [1.54, 1.807) is 18.2 Å². The standard InChI is InChI=1S/C8H12NO3P/c9-5-7-2-1-3-8(4-7)6-13(10,11)12/h1-4H,5-6,9H2,(H2,10,11,12). The van der Waals surface area contributed by atoms with E-state index in [2.05, 4.69) is 0 Å². The Morgan fingerprint density at radius 3 is 2.46 bits per heavy atom. The van der Waals surface area contributed by atoms with Gasteiger partial charge in [-0.2, -0.15) is 0 Å². The fraction of sp³-hybridized carbons (Fsp3) is 0.250. The largest absolute Gasteiger partial charge is 0.329 e. The van der Waals surface area contributed by atoms with Crippen molar-refractivity contribution in [2.24, 2.45) is 5.73 Å². The molecule has 0 heterocycles. The lowest BCUT2D eigenvalue weighted by molar-refractivity contribution is 0.371. The van der Waals surface area contributed by atoms with Crippen molar-refractivity contribution in [3.05, 3.63) is 35.4 Å². The molecule has 1 aromatic rings. The summed E-state index contributed by atoms with van der Waals surface area (Å²) in [6.07, 6.45) is -0.221. The fourth-order valence-electron chi connectivity index (χ4n) is 1.09. The Morgan fingerprint density at radius 1 is 1.31 bits per heavy atom. The third-order valence-electron chi connectivity index (χ3n) is 1.62. The molecule has 13 heavy (non-hydrogen) atoms. The minimum absolute atomic E-state index is 0.221. The maximum absolute atomic E-state index is 10.7. The molecule has 0 saturated heterocycles. The maximum Gasteiger partial charge on any atom is 0.329 e. The topological polar surface area (TPSA) is 83.6 Å². The molecule has 0 saturated carbocycles. The zero-order chi connectivity index (χ0) is 9.90. The molecule has 4 N–H and O–H groups in total. The predicted molar refractivity (Wildman–Crippen MR) is 50.1 cm³/mol. The molecule has 0 aliphatic heterocycles. The molecule has 0 fully saturated rings. The van der Waals surface area contributed by atoms with Crippen LogP contribution < -0.4 is 5.73 Å². The Hall–Kier alpha value is -0.670. The van der Waals surface area contributed by atoms with Crippen LogP contribution in [0.1, 0.15) is 11.1 Å². The summed E-state index contributed by atoms with van der Waals surface area (Å²) in [5.74, 6) is 0. The Bertz CT molecular complexity index is 334. The normalized spacial score (nSPS) is 11.6. The summed E-state index contributed by atoms with van der Waals surface area (Å²) < 4.78 is 10.7. The summed E-state index contributed by atoms with van der Waals surface area (Å²) in [6, 6.07) is 6.95. The summed E-state index contributed by atoms with van der Waals surface area (Å²) in [6.45, 7) is 0.384.